The minimum Gasteiger partial charge on any atom is -0.316 e. The predicted molar refractivity (Wildman–Crippen MR) is 51.8 cm³/mol. The Morgan fingerprint density at radius 3 is 2.18 bits per heavy atom. The van der Waals surface area contributed by atoms with Crippen molar-refractivity contribution < 1.29 is 0 Å². The Balaban J connectivity index is 3.02. The molecule has 0 atom stereocenters. The molecule has 1 heteroatoms. The highest BCUT2D eigenvalue weighted by atomic mass is 14.9. The second kappa shape index (κ2) is 5.59. The number of nitrogens with one attached hydrogen (secondary N) is 1. The maximum atomic E-state index is 3.46. The van der Waals surface area contributed by atoms with Crippen LogP contribution in [-0.2, 0) is 0 Å². The molecule has 0 aromatic rings. The maximum Gasteiger partial charge on any atom is -0.0000126 e. The SMILES string of the molecule is CCCCCNCC(C)(C)C. The molecule has 0 saturated heterocycles. The summed E-state index contributed by atoms with van der Waals surface area (Å²) in [6.45, 7) is 11.4. The summed E-state index contributed by atoms with van der Waals surface area (Å²) in [5.41, 5.74) is 0.437. The van der Waals surface area contributed by atoms with Crippen LogP contribution in [0.3, 0.4) is 0 Å². The largest absolute Gasteiger partial charge is 0.316 e. The second-order valence-electron chi connectivity index (χ2n) is 4.44. The van der Waals surface area contributed by atoms with Crippen molar-refractivity contribution in [3.8, 4) is 0 Å². The van der Waals surface area contributed by atoms with E-state index in [0.717, 1.165) is 6.54 Å². The molecule has 0 aliphatic heterocycles. The van der Waals surface area contributed by atoms with Crippen LogP contribution in [0.1, 0.15) is 47.0 Å². The van der Waals surface area contributed by atoms with E-state index in [1.165, 1.54) is 25.8 Å². The van der Waals surface area contributed by atoms with Gasteiger partial charge in [-0.15, -0.1) is 0 Å². The van der Waals surface area contributed by atoms with E-state index >= 15 is 0 Å². The van der Waals surface area contributed by atoms with Crippen molar-refractivity contribution in [2.24, 2.45) is 5.41 Å². The molecule has 0 aliphatic rings. The summed E-state index contributed by atoms with van der Waals surface area (Å²) in [6, 6.07) is 0. The highest BCUT2D eigenvalue weighted by Gasteiger charge is 2.07. The molecule has 0 amide bonds. The van der Waals surface area contributed by atoms with Crippen LogP contribution >= 0.6 is 0 Å². The van der Waals surface area contributed by atoms with Gasteiger partial charge in [-0.05, 0) is 24.9 Å². The Hall–Kier alpha value is -0.0400. The zero-order valence-corrected chi connectivity index (χ0v) is 8.54. The molecular weight excluding hydrogens is 134 g/mol. The van der Waals surface area contributed by atoms with E-state index in [0.29, 0.717) is 5.41 Å². The van der Waals surface area contributed by atoms with Crippen molar-refractivity contribution in [2.45, 2.75) is 47.0 Å². The molecule has 0 unspecified atom stereocenters. The fourth-order valence-electron chi connectivity index (χ4n) is 0.963. The van der Waals surface area contributed by atoms with Crippen LogP contribution in [-0.4, -0.2) is 13.1 Å². The Labute approximate surface area is 71.6 Å². The van der Waals surface area contributed by atoms with Crippen LogP contribution in [0.2, 0.25) is 0 Å². The molecule has 11 heavy (non-hydrogen) atoms. The van der Waals surface area contributed by atoms with E-state index in [1.807, 2.05) is 0 Å². The zero-order valence-electron chi connectivity index (χ0n) is 8.54. The van der Waals surface area contributed by atoms with Gasteiger partial charge in [0.1, 0.15) is 0 Å². The Morgan fingerprint density at radius 2 is 1.73 bits per heavy atom. The van der Waals surface area contributed by atoms with Gasteiger partial charge in [0.05, 0.1) is 0 Å². The van der Waals surface area contributed by atoms with Crippen LogP contribution in [0.5, 0.6) is 0 Å². The fourth-order valence-corrected chi connectivity index (χ4v) is 0.963. The molecule has 0 heterocycles. The lowest BCUT2D eigenvalue weighted by Crippen LogP contribution is -2.27. The molecule has 0 rings (SSSR count). The van der Waals surface area contributed by atoms with Gasteiger partial charge in [0.25, 0.3) is 0 Å². The summed E-state index contributed by atoms with van der Waals surface area (Å²) in [5.74, 6) is 0. The first-order chi connectivity index (χ1) is 5.06. The highest BCUT2D eigenvalue weighted by molar-refractivity contribution is 4.64. The lowest BCUT2D eigenvalue weighted by Gasteiger charge is -2.18. The van der Waals surface area contributed by atoms with Crippen molar-refractivity contribution in [1.29, 1.82) is 0 Å². The van der Waals surface area contributed by atoms with E-state index in [9.17, 15) is 0 Å². The maximum absolute atomic E-state index is 3.46. The Kier molecular flexibility index (Phi) is 5.57. The van der Waals surface area contributed by atoms with E-state index in [-0.39, 0.29) is 0 Å². The minimum atomic E-state index is 0.437. The average molecular weight is 157 g/mol. The van der Waals surface area contributed by atoms with Crippen molar-refractivity contribution >= 4 is 0 Å². The number of unbranched alkanes of at least 4 members (excludes halogenated alkanes) is 2. The van der Waals surface area contributed by atoms with Crippen molar-refractivity contribution in [3.63, 3.8) is 0 Å². The van der Waals surface area contributed by atoms with Crippen LogP contribution in [0.15, 0.2) is 0 Å². The van der Waals surface area contributed by atoms with Gasteiger partial charge < -0.3 is 5.32 Å². The molecule has 0 fully saturated rings. The molecule has 0 saturated carbocycles. The van der Waals surface area contributed by atoms with Gasteiger partial charge in [-0.2, -0.15) is 0 Å². The third-order valence-electron chi connectivity index (χ3n) is 1.61. The first-order valence-corrected chi connectivity index (χ1v) is 4.77. The summed E-state index contributed by atoms with van der Waals surface area (Å²) in [6.07, 6.45) is 4.00. The third-order valence-corrected chi connectivity index (χ3v) is 1.61. The number of hydrogen-bond acceptors (Lipinski definition) is 1. The fraction of sp³-hybridized carbons (Fsp3) is 1.00. The van der Waals surface area contributed by atoms with E-state index in [2.05, 4.69) is 33.0 Å². The van der Waals surface area contributed by atoms with Gasteiger partial charge in [-0.3, -0.25) is 0 Å². The molecular formula is C10H23N. The second-order valence-corrected chi connectivity index (χ2v) is 4.44. The van der Waals surface area contributed by atoms with Crippen LogP contribution in [0.4, 0.5) is 0 Å². The lowest BCUT2D eigenvalue weighted by molar-refractivity contribution is 0.378. The van der Waals surface area contributed by atoms with Gasteiger partial charge in [-0.1, -0.05) is 40.5 Å². The monoisotopic (exact) mass is 157 g/mol. The molecule has 1 N–H and O–H groups in total. The zero-order chi connectivity index (χ0) is 8.74. The van der Waals surface area contributed by atoms with Crippen LogP contribution in [0, 0.1) is 5.41 Å². The molecule has 0 aromatic heterocycles. The van der Waals surface area contributed by atoms with Gasteiger partial charge >= 0.3 is 0 Å². The quantitative estimate of drug-likeness (QED) is 0.605. The van der Waals surface area contributed by atoms with Crippen LogP contribution < -0.4 is 5.32 Å². The third kappa shape index (κ3) is 9.96. The van der Waals surface area contributed by atoms with Gasteiger partial charge in [0.15, 0.2) is 0 Å². The highest BCUT2D eigenvalue weighted by Crippen LogP contribution is 2.10. The number of hydrogen-bond donors (Lipinski definition) is 1. The van der Waals surface area contributed by atoms with Crippen molar-refractivity contribution in [2.75, 3.05) is 13.1 Å². The smallest absolute Gasteiger partial charge is 0.0000126 e. The first kappa shape index (κ1) is 11.0. The molecule has 1 nitrogen and oxygen atoms in total. The molecule has 0 aliphatic carbocycles. The standard InChI is InChI=1S/C10H23N/c1-5-6-7-8-11-9-10(2,3)4/h11H,5-9H2,1-4H3. The Morgan fingerprint density at radius 1 is 1.09 bits per heavy atom. The molecule has 68 valence electrons. The minimum absolute atomic E-state index is 0.437. The summed E-state index contributed by atoms with van der Waals surface area (Å²) in [7, 11) is 0. The first-order valence-electron chi connectivity index (χ1n) is 4.77. The summed E-state index contributed by atoms with van der Waals surface area (Å²) in [5, 5.41) is 3.46. The van der Waals surface area contributed by atoms with Crippen molar-refractivity contribution in [1.82, 2.24) is 5.32 Å². The summed E-state index contributed by atoms with van der Waals surface area (Å²) < 4.78 is 0. The van der Waals surface area contributed by atoms with Gasteiger partial charge in [0.2, 0.25) is 0 Å². The lowest BCUT2D eigenvalue weighted by atomic mass is 9.97. The average Bonchev–Trinajstić information content (AvgIpc) is 1.85. The van der Waals surface area contributed by atoms with E-state index in [4.69, 9.17) is 0 Å². The Bertz CT molecular complexity index is 81.4. The van der Waals surface area contributed by atoms with E-state index in [1.54, 1.807) is 0 Å². The van der Waals surface area contributed by atoms with E-state index < -0.39 is 0 Å². The normalized spacial score (nSPS) is 12.0. The predicted octanol–water partition coefficient (Wildman–Crippen LogP) is 2.81. The number of rotatable bonds is 5. The van der Waals surface area contributed by atoms with Gasteiger partial charge in [-0.25, -0.2) is 0 Å². The van der Waals surface area contributed by atoms with Crippen LogP contribution in [0.25, 0.3) is 0 Å². The van der Waals surface area contributed by atoms with Gasteiger partial charge in [0, 0.05) is 0 Å². The molecule has 0 bridgehead atoms. The van der Waals surface area contributed by atoms with Crippen molar-refractivity contribution in [3.05, 3.63) is 0 Å². The topological polar surface area (TPSA) is 12.0 Å². The summed E-state index contributed by atoms with van der Waals surface area (Å²) >= 11 is 0. The molecule has 0 radical (unpaired) electrons. The molecule has 0 spiro atoms. The summed E-state index contributed by atoms with van der Waals surface area (Å²) in [4.78, 5) is 0. The molecule has 0 aromatic carbocycles.